The van der Waals surface area contributed by atoms with Gasteiger partial charge >= 0.3 is 0 Å². The second-order valence-electron chi connectivity index (χ2n) is 5.41. The molecule has 0 spiro atoms. The van der Waals surface area contributed by atoms with Gasteiger partial charge in [-0.1, -0.05) is 11.8 Å². The van der Waals surface area contributed by atoms with Crippen LogP contribution >= 0.6 is 23.1 Å². The fraction of sp³-hybridized carbons (Fsp3) is 0.118. The summed E-state index contributed by atoms with van der Waals surface area (Å²) >= 11 is 2.84. The van der Waals surface area contributed by atoms with E-state index in [1.54, 1.807) is 12.1 Å². The topological polar surface area (TPSA) is 102 Å². The summed E-state index contributed by atoms with van der Waals surface area (Å²) in [7, 11) is 0. The van der Waals surface area contributed by atoms with Crippen LogP contribution in [0.1, 0.15) is 17.3 Å². The van der Waals surface area contributed by atoms with Crippen molar-refractivity contribution in [2.24, 2.45) is 0 Å². The number of nitrogens with one attached hydrogen (secondary N) is 1. The molecular formula is C17H13N3O4S2. The van der Waals surface area contributed by atoms with E-state index in [0.717, 1.165) is 14.6 Å². The lowest BCUT2D eigenvalue weighted by Crippen LogP contribution is -2.11. The van der Waals surface area contributed by atoms with E-state index in [-0.39, 0.29) is 17.4 Å². The molecule has 26 heavy (non-hydrogen) atoms. The zero-order valence-electron chi connectivity index (χ0n) is 13.6. The molecule has 0 atom stereocenters. The molecule has 0 fully saturated rings. The minimum absolute atomic E-state index is 0.0665. The molecule has 0 bridgehead atoms. The first-order chi connectivity index (χ1) is 12.4. The molecule has 2 aromatic carbocycles. The molecule has 1 heterocycles. The van der Waals surface area contributed by atoms with Crippen molar-refractivity contribution in [2.45, 2.75) is 11.3 Å². The number of Topliss-reactive ketones (excluding diaryl/α,β-unsaturated/α-hetero) is 1. The van der Waals surface area contributed by atoms with Crippen LogP contribution in [0.4, 0.5) is 11.4 Å². The third-order valence-corrected chi connectivity index (χ3v) is 5.67. The van der Waals surface area contributed by atoms with Crippen LogP contribution in [-0.2, 0) is 4.79 Å². The van der Waals surface area contributed by atoms with Gasteiger partial charge in [-0.25, -0.2) is 4.98 Å². The maximum absolute atomic E-state index is 12.3. The summed E-state index contributed by atoms with van der Waals surface area (Å²) in [5.74, 6) is 0.115. The van der Waals surface area contributed by atoms with E-state index >= 15 is 0 Å². The van der Waals surface area contributed by atoms with Crippen molar-refractivity contribution in [1.82, 2.24) is 4.98 Å². The van der Waals surface area contributed by atoms with Gasteiger partial charge in [-0.05, 0) is 37.3 Å². The number of nitrogens with zero attached hydrogens (tertiary/aromatic N) is 2. The van der Waals surface area contributed by atoms with Crippen LogP contribution in [0.15, 0.2) is 46.8 Å². The number of hydrogen-bond acceptors (Lipinski definition) is 7. The zero-order valence-corrected chi connectivity index (χ0v) is 15.2. The average Bonchev–Trinajstić information content (AvgIpc) is 3.02. The summed E-state index contributed by atoms with van der Waals surface area (Å²) in [6.07, 6.45) is 0. The predicted octanol–water partition coefficient (Wildman–Crippen LogP) is 4.14. The van der Waals surface area contributed by atoms with Crippen LogP contribution in [-0.4, -0.2) is 27.4 Å². The fourth-order valence-corrected chi connectivity index (χ4v) is 4.05. The largest absolute Gasteiger partial charge is 0.322 e. The maximum atomic E-state index is 12.3. The number of fused-ring (bicyclic) bond motifs is 1. The van der Waals surface area contributed by atoms with Gasteiger partial charge in [0.1, 0.15) is 5.78 Å². The first-order valence-corrected chi connectivity index (χ1v) is 9.31. The van der Waals surface area contributed by atoms with E-state index in [1.807, 2.05) is 6.07 Å². The summed E-state index contributed by atoms with van der Waals surface area (Å²) in [6, 6.07) is 10.8. The molecule has 0 aliphatic rings. The van der Waals surface area contributed by atoms with Gasteiger partial charge in [0.25, 0.3) is 11.6 Å². The van der Waals surface area contributed by atoms with E-state index in [9.17, 15) is 19.7 Å². The number of amides is 1. The molecular weight excluding hydrogens is 374 g/mol. The second kappa shape index (κ2) is 7.63. The number of benzene rings is 2. The molecule has 3 aromatic rings. The van der Waals surface area contributed by atoms with E-state index in [1.165, 1.54) is 54.3 Å². The van der Waals surface area contributed by atoms with Crippen LogP contribution < -0.4 is 5.32 Å². The Morgan fingerprint density at radius 1 is 1.23 bits per heavy atom. The molecule has 1 amide bonds. The number of non-ortho nitro benzene ring substituents is 1. The first kappa shape index (κ1) is 18.0. The number of thiazole rings is 1. The Balaban J connectivity index is 1.74. The van der Waals surface area contributed by atoms with Crippen molar-refractivity contribution >= 4 is 56.4 Å². The Labute approximate surface area is 156 Å². The molecule has 9 heteroatoms. The summed E-state index contributed by atoms with van der Waals surface area (Å²) in [5.41, 5.74) is 1.67. The van der Waals surface area contributed by atoms with Gasteiger partial charge in [0.2, 0.25) is 0 Å². The monoisotopic (exact) mass is 387 g/mol. The lowest BCUT2D eigenvalue weighted by molar-refractivity contribution is -0.384. The van der Waals surface area contributed by atoms with Gasteiger partial charge in [0, 0.05) is 23.4 Å². The molecule has 0 unspecified atom stereocenters. The summed E-state index contributed by atoms with van der Waals surface area (Å²) in [5, 5.41) is 13.4. The summed E-state index contributed by atoms with van der Waals surface area (Å²) in [6.45, 7) is 1.53. The molecule has 3 rings (SSSR count). The molecule has 132 valence electrons. The molecule has 7 nitrogen and oxygen atoms in total. The van der Waals surface area contributed by atoms with E-state index in [2.05, 4.69) is 10.3 Å². The highest BCUT2D eigenvalue weighted by atomic mass is 32.2. The quantitative estimate of drug-likeness (QED) is 0.387. The van der Waals surface area contributed by atoms with E-state index in [0.29, 0.717) is 17.0 Å². The van der Waals surface area contributed by atoms with Gasteiger partial charge in [0.05, 0.1) is 20.9 Å². The minimum atomic E-state index is -0.513. The molecule has 1 N–H and O–H groups in total. The number of ketones is 1. The first-order valence-electron chi connectivity index (χ1n) is 7.51. The predicted molar refractivity (Wildman–Crippen MR) is 102 cm³/mol. The molecule has 0 saturated carbocycles. The van der Waals surface area contributed by atoms with Gasteiger partial charge in [0.15, 0.2) is 4.34 Å². The highest BCUT2D eigenvalue weighted by molar-refractivity contribution is 8.01. The molecule has 0 aliphatic heterocycles. The van der Waals surface area contributed by atoms with Gasteiger partial charge in [-0.3, -0.25) is 19.7 Å². The normalized spacial score (nSPS) is 10.7. The standard InChI is InChI=1S/C17H13N3O4S2/c1-10(21)9-25-17-19-14-7-4-12(8-15(14)26-17)18-16(22)11-2-5-13(6-3-11)20(23)24/h2-8H,9H2,1H3,(H,18,22). The lowest BCUT2D eigenvalue weighted by atomic mass is 10.2. The maximum Gasteiger partial charge on any atom is 0.269 e. The van der Waals surface area contributed by atoms with Crippen LogP contribution in [0, 0.1) is 10.1 Å². The number of thioether (sulfide) groups is 1. The fourth-order valence-electron chi connectivity index (χ4n) is 2.14. The van der Waals surface area contributed by atoms with Gasteiger partial charge in [-0.15, -0.1) is 11.3 Å². The SMILES string of the molecule is CC(=O)CSc1nc2ccc(NC(=O)c3ccc([N+](=O)[O-])cc3)cc2s1. The average molecular weight is 387 g/mol. The Morgan fingerprint density at radius 2 is 1.96 bits per heavy atom. The van der Waals surface area contributed by atoms with Crippen molar-refractivity contribution in [3.63, 3.8) is 0 Å². The number of aromatic nitrogens is 1. The van der Waals surface area contributed by atoms with Crippen molar-refractivity contribution < 1.29 is 14.5 Å². The van der Waals surface area contributed by atoms with E-state index in [4.69, 9.17) is 0 Å². The smallest absolute Gasteiger partial charge is 0.269 e. The number of carbonyl (C=O) groups is 2. The highest BCUT2D eigenvalue weighted by Crippen LogP contribution is 2.31. The van der Waals surface area contributed by atoms with Crippen molar-refractivity contribution in [3.05, 3.63) is 58.1 Å². The Bertz CT molecular complexity index is 999. The number of nitro benzene ring substituents is 1. The summed E-state index contributed by atoms with van der Waals surface area (Å²) < 4.78 is 1.70. The number of carbonyl (C=O) groups excluding carboxylic acids is 2. The third-order valence-electron chi connectivity index (χ3n) is 3.37. The molecule has 0 saturated heterocycles. The van der Waals surface area contributed by atoms with Crippen LogP contribution in [0.2, 0.25) is 0 Å². The highest BCUT2D eigenvalue weighted by Gasteiger charge is 2.11. The molecule has 0 aliphatic carbocycles. The molecule has 0 radical (unpaired) electrons. The third kappa shape index (κ3) is 4.24. The minimum Gasteiger partial charge on any atom is -0.322 e. The lowest BCUT2D eigenvalue weighted by Gasteiger charge is -2.05. The zero-order chi connectivity index (χ0) is 18.7. The van der Waals surface area contributed by atoms with Gasteiger partial charge in [-0.2, -0.15) is 0 Å². The number of hydrogen-bond donors (Lipinski definition) is 1. The number of nitro groups is 1. The van der Waals surface area contributed by atoms with Crippen LogP contribution in [0.5, 0.6) is 0 Å². The number of anilines is 1. The van der Waals surface area contributed by atoms with Crippen molar-refractivity contribution in [2.75, 3.05) is 11.1 Å². The Morgan fingerprint density at radius 3 is 2.62 bits per heavy atom. The Hall–Kier alpha value is -2.78. The summed E-state index contributed by atoms with van der Waals surface area (Å²) in [4.78, 5) is 37.9. The van der Waals surface area contributed by atoms with Crippen molar-refractivity contribution in [3.8, 4) is 0 Å². The second-order valence-corrected chi connectivity index (χ2v) is 7.66. The van der Waals surface area contributed by atoms with Crippen LogP contribution in [0.25, 0.3) is 10.2 Å². The van der Waals surface area contributed by atoms with Gasteiger partial charge < -0.3 is 5.32 Å². The van der Waals surface area contributed by atoms with Crippen LogP contribution in [0.3, 0.4) is 0 Å². The Kier molecular flexibility index (Phi) is 5.29. The van der Waals surface area contributed by atoms with E-state index < -0.39 is 4.92 Å². The van der Waals surface area contributed by atoms with Crippen molar-refractivity contribution in [1.29, 1.82) is 0 Å². The molecule has 1 aromatic heterocycles. The number of rotatable bonds is 6.